The van der Waals surface area contributed by atoms with E-state index in [4.69, 9.17) is 10.2 Å². The lowest BCUT2D eigenvalue weighted by Gasteiger charge is -2.09. The molecule has 1 atom stereocenters. The molecule has 7 heteroatoms. The van der Waals surface area contributed by atoms with E-state index in [0.29, 0.717) is 5.69 Å². The smallest absolute Gasteiger partial charge is 0.337 e. The molecule has 0 fully saturated rings. The Morgan fingerprint density at radius 1 is 1.04 bits per heavy atom. The maximum Gasteiger partial charge on any atom is 0.337 e. The first-order valence-electron chi connectivity index (χ1n) is 6.70. The van der Waals surface area contributed by atoms with Crippen molar-refractivity contribution in [2.24, 2.45) is 10.2 Å². The lowest BCUT2D eigenvalue weighted by atomic mass is 10.00. The molecule has 0 spiro atoms. The summed E-state index contributed by atoms with van der Waals surface area (Å²) in [5, 5.41) is 35.7. The fourth-order valence-corrected chi connectivity index (χ4v) is 1.94. The summed E-state index contributed by atoms with van der Waals surface area (Å²) in [6.45, 7) is 1.44. The van der Waals surface area contributed by atoms with Crippen molar-refractivity contribution in [3.05, 3.63) is 53.6 Å². The third-order valence-electron chi connectivity index (χ3n) is 3.26. The average molecular weight is 314 g/mol. The van der Waals surface area contributed by atoms with Crippen LogP contribution in [0.15, 0.2) is 52.7 Å². The Hall–Kier alpha value is -3.22. The molecule has 0 saturated heterocycles. The number of aliphatic carboxylic acids is 1. The number of hydrogen-bond acceptors (Lipinski definition) is 5. The Kier molecular flexibility index (Phi) is 4.70. The molecule has 2 aromatic carbocycles. The molecule has 23 heavy (non-hydrogen) atoms. The Labute approximate surface area is 131 Å². The molecule has 118 valence electrons. The zero-order chi connectivity index (χ0) is 17.0. The first-order chi connectivity index (χ1) is 10.9. The lowest BCUT2D eigenvalue weighted by molar-refractivity contribution is -0.138. The molecule has 0 aliphatic carbocycles. The molecular formula is C16H14N2O5. The second-order valence-corrected chi connectivity index (χ2v) is 4.83. The van der Waals surface area contributed by atoms with E-state index in [1.54, 1.807) is 12.1 Å². The molecule has 0 aliphatic rings. The Morgan fingerprint density at radius 2 is 1.74 bits per heavy atom. The number of carboxylic acids is 2. The molecule has 0 saturated carbocycles. The highest BCUT2D eigenvalue weighted by atomic mass is 16.4. The van der Waals surface area contributed by atoms with Gasteiger partial charge in [0.15, 0.2) is 0 Å². The van der Waals surface area contributed by atoms with E-state index >= 15 is 0 Å². The molecule has 7 nitrogen and oxygen atoms in total. The summed E-state index contributed by atoms with van der Waals surface area (Å²) in [5.41, 5.74) is 0.710. The first kappa shape index (κ1) is 16.2. The van der Waals surface area contributed by atoms with Gasteiger partial charge >= 0.3 is 11.9 Å². The van der Waals surface area contributed by atoms with Crippen molar-refractivity contribution in [2.75, 3.05) is 0 Å². The van der Waals surface area contributed by atoms with Gasteiger partial charge < -0.3 is 15.3 Å². The first-order valence-corrected chi connectivity index (χ1v) is 6.70. The summed E-state index contributed by atoms with van der Waals surface area (Å²) in [7, 11) is 0. The van der Waals surface area contributed by atoms with Gasteiger partial charge in [-0.25, -0.2) is 4.79 Å². The number of phenolic OH excluding ortho intramolecular Hbond substituents is 1. The van der Waals surface area contributed by atoms with E-state index in [1.807, 2.05) is 0 Å². The fraction of sp³-hybridized carbons (Fsp3) is 0.125. The number of hydrogen-bond donors (Lipinski definition) is 3. The van der Waals surface area contributed by atoms with Crippen molar-refractivity contribution < 1.29 is 24.9 Å². The van der Waals surface area contributed by atoms with Crippen LogP contribution in [0.1, 0.15) is 28.8 Å². The maximum atomic E-state index is 11.1. The van der Waals surface area contributed by atoms with E-state index in [9.17, 15) is 14.7 Å². The Balaban J connectivity index is 2.36. The number of carboxylic acid groups (broad SMARTS) is 2. The molecule has 1 unspecified atom stereocenters. The minimum atomic E-state index is -1.12. The van der Waals surface area contributed by atoms with Crippen LogP contribution in [0.25, 0.3) is 0 Å². The van der Waals surface area contributed by atoms with Crippen LogP contribution in [0.3, 0.4) is 0 Å². The Morgan fingerprint density at radius 3 is 2.39 bits per heavy atom. The molecule has 0 radical (unpaired) electrons. The van der Waals surface area contributed by atoms with Gasteiger partial charge in [-0.1, -0.05) is 12.1 Å². The van der Waals surface area contributed by atoms with Gasteiger partial charge in [0.25, 0.3) is 0 Å². The lowest BCUT2D eigenvalue weighted by Crippen LogP contribution is -2.07. The van der Waals surface area contributed by atoms with E-state index in [1.165, 1.54) is 37.3 Å². The molecule has 0 bridgehead atoms. The number of aromatic carboxylic acids is 1. The highest BCUT2D eigenvalue weighted by Gasteiger charge is 2.18. The highest BCUT2D eigenvalue weighted by Crippen LogP contribution is 2.31. The zero-order valence-corrected chi connectivity index (χ0v) is 12.2. The van der Waals surface area contributed by atoms with Gasteiger partial charge in [-0.3, -0.25) is 4.79 Å². The SMILES string of the molecule is CC(C(=O)O)c1cc(/N=N/c2ccccc2C(=O)O)ccc1O. The summed E-state index contributed by atoms with van der Waals surface area (Å²) in [4.78, 5) is 22.1. The van der Waals surface area contributed by atoms with Crippen LogP contribution in [0.4, 0.5) is 11.4 Å². The quantitative estimate of drug-likeness (QED) is 0.727. The fourth-order valence-electron chi connectivity index (χ4n) is 1.94. The number of aromatic hydroxyl groups is 1. The van der Waals surface area contributed by atoms with Crippen molar-refractivity contribution in [2.45, 2.75) is 12.8 Å². The van der Waals surface area contributed by atoms with Crippen molar-refractivity contribution >= 4 is 23.3 Å². The van der Waals surface area contributed by atoms with Gasteiger partial charge in [0.05, 0.1) is 17.2 Å². The summed E-state index contributed by atoms with van der Waals surface area (Å²) in [6.07, 6.45) is 0. The summed E-state index contributed by atoms with van der Waals surface area (Å²) < 4.78 is 0. The average Bonchev–Trinajstić information content (AvgIpc) is 2.53. The largest absolute Gasteiger partial charge is 0.508 e. The van der Waals surface area contributed by atoms with Crippen LogP contribution >= 0.6 is 0 Å². The normalized spacial score (nSPS) is 12.2. The molecule has 0 heterocycles. The van der Waals surface area contributed by atoms with Crippen LogP contribution in [0.5, 0.6) is 5.75 Å². The standard InChI is InChI=1S/C16H14N2O5/c1-9(15(20)21)12-8-10(6-7-14(12)19)17-18-13-5-3-2-4-11(13)16(22)23/h2-9,19H,1H3,(H,20,21)(H,22,23)/b18-17+. The van der Waals surface area contributed by atoms with Crippen LogP contribution in [-0.4, -0.2) is 27.3 Å². The van der Waals surface area contributed by atoms with Gasteiger partial charge in [-0.2, -0.15) is 5.11 Å². The predicted octanol–water partition coefficient (Wildman–Crippen LogP) is 3.69. The number of phenols is 1. The molecular weight excluding hydrogens is 300 g/mol. The highest BCUT2D eigenvalue weighted by molar-refractivity contribution is 5.93. The summed E-state index contributed by atoms with van der Waals surface area (Å²) in [5.74, 6) is -3.25. The third kappa shape index (κ3) is 3.70. The predicted molar refractivity (Wildman–Crippen MR) is 81.7 cm³/mol. The molecule has 3 N–H and O–H groups in total. The molecule has 2 rings (SSSR count). The number of nitrogens with zero attached hydrogens (tertiary/aromatic N) is 2. The summed E-state index contributed by atoms with van der Waals surface area (Å²) in [6, 6.07) is 10.3. The van der Waals surface area contributed by atoms with Crippen LogP contribution in [0, 0.1) is 0 Å². The molecule has 0 amide bonds. The van der Waals surface area contributed by atoms with E-state index in [0.717, 1.165) is 0 Å². The van der Waals surface area contributed by atoms with E-state index < -0.39 is 17.9 Å². The van der Waals surface area contributed by atoms with E-state index in [2.05, 4.69) is 10.2 Å². The van der Waals surface area contributed by atoms with Crippen molar-refractivity contribution in [3.63, 3.8) is 0 Å². The molecule has 0 aliphatic heterocycles. The number of azo groups is 1. The molecule has 2 aromatic rings. The minimum Gasteiger partial charge on any atom is -0.508 e. The van der Waals surface area contributed by atoms with Gasteiger partial charge in [-0.15, -0.1) is 5.11 Å². The van der Waals surface area contributed by atoms with Gasteiger partial charge in [0.2, 0.25) is 0 Å². The minimum absolute atomic E-state index is 0.00848. The van der Waals surface area contributed by atoms with Gasteiger partial charge in [0, 0.05) is 5.56 Å². The monoisotopic (exact) mass is 314 g/mol. The van der Waals surface area contributed by atoms with Gasteiger partial charge in [-0.05, 0) is 37.3 Å². The number of benzene rings is 2. The van der Waals surface area contributed by atoms with Crippen molar-refractivity contribution in [1.82, 2.24) is 0 Å². The third-order valence-corrected chi connectivity index (χ3v) is 3.26. The summed E-state index contributed by atoms with van der Waals surface area (Å²) >= 11 is 0. The van der Waals surface area contributed by atoms with Crippen LogP contribution in [-0.2, 0) is 4.79 Å². The second kappa shape index (κ2) is 6.69. The van der Waals surface area contributed by atoms with Gasteiger partial charge in [0.1, 0.15) is 11.4 Å². The van der Waals surface area contributed by atoms with Crippen LogP contribution < -0.4 is 0 Å². The van der Waals surface area contributed by atoms with Crippen LogP contribution in [0.2, 0.25) is 0 Å². The maximum absolute atomic E-state index is 11.1. The number of carbonyl (C=O) groups is 2. The zero-order valence-electron chi connectivity index (χ0n) is 12.2. The molecule has 0 aromatic heterocycles. The number of rotatable bonds is 5. The topological polar surface area (TPSA) is 120 Å². The van der Waals surface area contributed by atoms with E-state index in [-0.39, 0.29) is 22.6 Å². The van der Waals surface area contributed by atoms with Crippen molar-refractivity contribution in [3.8, 4) is 5.75 Å². The van der Waals surface area contributed by atoms with Crippen molar-refractivity contribution in [1.29, 1.82) is 0 Å². The Bertz CT molecular complexity index is 786. The second-order valence-electron chi connectivity index (χ2n) is 4.83.